The van der Waals surface area contributed by atoms with Crippen LogP contribution in [0.3, 0.4) is 0 Å². The summed E-state index contributed by atoms with van der Waals surface area (Å²) in [5, 5.41) is 0. The van der Waals surface area contributed by atoms with E-state index in [0.717, 1.165) is 0 Å². The van der Waals surface area contributed by atoms with Gasteiger partial charge in [-0.25, -0.2) is 0 Å². The molecule has 0 fully saturated rings. The molecule has 0 bridgehead atoms. The Kier molecular flexibility index (Phi) is 2.58. The molecule has 2 heteroatoms. The van der Waals surface area contributed by atoms with Crippen molar-refractivity contribution >= 4 is 13.7 Å². The van der Waals surface area contributed by atoms with E-state index in [2.05, 4.69) is 50.9 Å². The number of rotatable bonds is 2. The van der Waals surface area contributed by atoms with Crippen molar-refractivity contribution in [1.29, 1.82) is 0 Å². The summed E-state index contributed by atoms with van der Waals surface area (Å²) in [5.41, 5.74) is 1.28. The molecule has 1 nitrogen and oxygen atoms in total. The van der Waals surface area contributed by atoms with Gasteiger partial charge in [0.2, 0.25) is 7.98 Å². The maximum Gasteiger partial charge on any atom is 0.217 e. The van der Waals surface area contributed by atoms with Gasteiger partial charge in [0.05, 0.1) is 0 Å². The number of nitrogens with zero attached hydrogens (tertiary/aromatic N) is 1. The lowest BCUT2D eigenvalue weighted by atomic mass is 10.1. The molecule has 0 aliphatic carbocycles. The van der Waals surface area contributed by atoms with Crippen LogP contribution in [-0.2, 0) is 0 Å². The van der Waals surface area contributed by atoms with Gasteiger partial charge in [-0.2, -0.15) is 0 Å². The number of para-hydroxylation sites is 1. The van der Waals surface area contributed by atoms with Crippen molar-refractivity contribution in [2.24, 2.45) is 0 Å². The molecule has 0 aliphatic heterocycles. The summed E-state index contributed by atoms with van der Waals surface area (Å²) < 4.78 is 0. The zero-order chi connectivity index (χ0) is 8.27. The maximum atomic E-state index is 2.25. The van der Waals surface area contributed by atoms with Gasteiger partial charge in [0.15, 0.2) is 0 Å². The Labute approximate surface area is 69.5 Å². The maximum absolute atomic E-state index is 2.25. The van der Waals surface area contributed by atoms with Gasteiger partial charge in [0.1, 0.15) is 0 Å². The van der Waals surface area contributed by atoms with Crippen molar-refractivity contribution in [2.75, 3.05) is 4.81 Å². The van der Waals surface area contributed by atoms with E-state index in [4.69, 9.17) is 0 Å². The molecule has 0 atom stereocenters. The third-order valence-electron chi connectivity index (χ3n) is 1.94. The summed E-state index contributed by atoms with van der Waals surface area (Å²) in [7, 11) is 2.11. The molecule has 11 heavy (non-hydrogen) atoms. The molecule has 1 aromatic rings. The normalized spacial score (nSPS) is 10.1. The van der Waals surface area contributed by atoms with E-state index in [0.29, 0.717) is 6.04 Å². The average molecular weight is 147 g/mol. The number of hydrogen-bond acceptors (Lipinski definition) is 1. The van der Waals surface area contributed by atoms with Gasteiger partial charge in [-0.05, 0) is 26.0 Å². The van der Waals surface area contributed by atoms with Crippen LogP contribution in [0.5, 0.6) is 0 Å². The Morgan fingerprint density at radius 1 is 1.18 bits per heavy atom. The predicted octanol–water partition coefficient (Wildman–Crippen LogP) is 1.45. The van der Waals surface area contributed by atoms with Crippen molar-refractivity contribution in [3.05, 3.63) is 30.3 Å². The molecular formula is C9H14BN. The molecule has 0 radical (unpaired) electrons. The molecular weight excluding hydrogens is 133 g/mol. The molecule has 0 spiro atoms. The molecule has 0 saturated heterocycles. The smallest absolute Gasteiger partial charge is 0.217 e. The summed E-state index contributed by atoms with van der Waals surface area (Å²) in [5.74, 6) is 0. The summed E-state index contributed by atoms with van der Waals surface area (Å²) >= 11 is 0. The van der Waals surface area contributed by atoms with Crippen molar-refractivity contribution < 1.29 is 0 Å². The first-order valence-corrected chi connectivity index (χ1v) is 3.99. The standard InChI is InChI=1S/C9H14BN/c1-8(2)11(10)9-6-4-3-5-7-9/h3-8H,10H2,1-2H3. The van der Waals surface area contributed by atoms with Crippen LogP contribution in [0.2, 0.25) is 0 Å². The van der Waals surface area contributed by atoms with Crippen molar-refractivity contribution in [3.8, 4) is 0 Å². The Hall–Kier alpha value is -0.915. The van der Waals surface area contributed by atoms with Gasteiger partial charge < -0.3 is 4.81 Å². The quantitative estimate of drug-likeness (QED) is 0.572. The second-order valence-electron chi connectivity index (χ2n) is 3.04. The largest absolute Gasteiger partial charge is 0.420 e. The van der Waals surface area contributed by atoms with E-state index >= 15 is 0 Å². The minimum absolute atomic E-state index is 0.567. The van der Waals surface area contributed by atoms with E-state index < -0.39 is 0 Å². The second kappa shape index (κ2) is 3.47. The van der Waals surface area contributed by atoms with Crippen molar-refractivity contribution in [2.45, 2.75) is 19.9 Å². The van der Waals surface area contributed by atoms with Gasteiger partial charge in [-0.1, -0.05) is 18.2 Å². The summed E-state index contributed by atoms with van der Waals surface area (Å²) in [6.45, 7) is 4.38. The van der Waals surface area contributed by atoms with E-state index in [1.165, 1.54) is 5.69 Å². The minimum Gasteiger partial charge on any atom is -0.420 e. The lowest BCUT2D eigenvalue weighted by Crippen LogP contribution is -2.27. The third kappa shape index (κ3) is 2.00. The highest BCUT2D eigenvalue weighted by Crippen LogP contribution is 2.12. The fourth-order valence-electron chi connectivity index (χ4n) is 0.961. The van der Waals surface area contributed by atoms with Crippen LogP contribution in [0.4, 0.5) is 5.69 Å². The van der Waals surface area contributed by atoms with E-state index in [1.54, 1.807) is 0 Å². The van der Waals surface area contributed by atoms with Crippen molar-refractivity contribution in [1.82, 2.24) is 0 Å². The van der Waals surface area contributed by atoms with Crippen molar-refractivity contribution in [3.63, 3.8) is 0 Å². The molecule has 0 aromatic heterocycles. The molecule has 1 rings (SSSR count). The first kappa shape index (κ1) is 8.18. The van der Waals surface area contributed by atoms with Gasteiger partial charge >= 0.3 is 0 Å². The highest BCUT2D eigenvalue weighted by Gasteiger charge is 2.01. The summed E-state index contributed by atoms with van der Waals surface area (Å²) in [6, 6.07) is 11.0. The van der Waals surface area contributed by atoms with E-state index in [-0.39, 0.29) is 0 Å². The first-order valence-electron chi connectivity index (χ1n) is 3.99. The van der Waals surface area contributed by atoms with E-state index in [9.17, 15) is 0 Å². The molecule has 58 valence electrons. The highest BCUT2D eigenvalue weighted by molar-refractivity contribution is 6.18. The number of anilines is 1. The Morgan fingerprint density at radius 2 is 1.73 bits per heavy atom. The topological polar surface area (TPSA) is 3.24 Å². The van der Waals surface area contributed by atoms with Crippen LogP contribution in [0.15, 0.2) is 30.3 Å². The zero-order valence-electron chi connectivity index (χ0n) is 7.41. The molecule has 0 amide bonds. The van der Waals surface area contributed by atoms with Crippen LogP contribution < -0.4 is 4.81 Å². The lowest BCUT2D eigenvalue weighted by molar-refractivity contribution is 0.829. The Morgan fingerprint density at radius 3 is 2.18 bits per heavy atom. The Bertz CT molecular complexity index is 208. The molecule has 0 saturated carbocycles. The number of hydrogen-bond donors (Lipinski definition) is 0. The average Bonchev–Trinajstić information content (AvgIpc) is 2.05. The molecule has 1 aromatic carbocycles. The van der Waals surface area contributed by atoms with Gasteiger partial charge in [0.25, 0.3) is 0 Å². The molecule has 0 unspecified atom stereocenters. The zero-order valence-corrected chi connectivity index (χ0v) is 7.41. The monoisotopic (exact) mass is 147 g/mol. The van der Waals surface area contributed by atoms with E-state index in [1.807, 2.05) is 6.07 Å². The summed E-state index contributed by atoms with van der Waals surface area (Å²) in [4.78, 5) is 2.25. The highest BCUT2D eigenvalue weighted by atomic mass is 15.1. The van der Waals surface area contributed by atoms with Crippen LogP contribution in [0.25, 0.3) is 0 Å². The lowest BCUT2D eigenvalue weighted by Gasteiger charge is -2.24. The fraction of sp³-hybridized carbons (Fsp3) is 0.333. The van der Waals surface area contributed by atoms with Crippen LogP contribution in [0.1, 0.15) is 13.8 Å². The number of benzene rings is 1. The SMILES string of the molecule is BN(c1ccccc1)C(C)C. The van der Waals surface area contributed by atoms with Gasteiger partial charge in [-0.3, -0.25) is 0 Å². The summed E-state index contributed by atoms with van der Waals surface area (Å²) in [6.07, 6.45) is 0. The minimum atomic E-state index is 0.567. The van der Waals surface area contributed by atoms with Gasteiger partial charge in [-0.15, -0.1) is 0 Å². The van der Waals surface area contributed by atoms with Crippen LogP contribution in [-0.4, -0.2) is 14.0 Å². The predicted molar refractivity (Wildman–Crippen MR) is 52.6 cm³/mol. The molecule has 0 heterocycles. The van der Waals surface area contributed by atoms with Crippen LogP contribution in [0, 0.1) is 0 Å². The fourth-order valence-corrected chi connectivity index (χ4v) is 0.961. The second-order valence-corrected chi connectivity index (χ2v) is 3.04. The van der Waals surface area contributed by atoms with Gasteiger partial charge in [0, 0.05) is 11.7 Å². The molecule has 0 N–H and O–H groups in total. The van der Waals surface area contributed by atoms with Crippen LogP contribution >= 0.6 is 0 Å². The first-order chi connectivity index (χ1) is 5.22. The molecule has 0 aliphatic rings. The third-order valence-corrected chi connectivity index (χ3v) is 1.94. The Balaban J connectivity index is 2.77.